The lowest BCUT2D eigenvalue weighted by molar-refractivity contribution is -0.128. The number of likely N-dealkylation sites (tertiary alicyclic amines) is 1. The van der Waals surface area contributed by atoms with Crippen molar-refractivity contribution in [2.75, 3.05) is 6.54 Å². The number of hydrogen-bond donors (Lipinski definition) is 0. The maximum Gasteiger partial charge on any atom is 0.263 e. The molecule has 0 unspecified atom stereocenters. The Morgan fingerprint density at radius 1 is 1.07 bits per heavy atom. The molecule has 5 nitrogen and oxygen atoms in total. The number of amides is 1. The Hall–Kier alpha value is -2.69. The Morgan fingerprint density at radius 2 is 1.83 bits per heavy atom. The Morgan fingerprint density at radius 3 is 2.52 bits per heavy atom. The van der Waals surface area contributed by atoms with E-state index >= 15 is 0 Å². The van der Waals surface area contributed by atoms with Crippen LogP contribution in [0.2, 0.25) is 0 Å². The van der Waals surface area contributed by atoms with Crippen molar-refractivity contribution in [3.8, 4) is 0 Å². The van der Waals surface area contributed by atoms with Gasteiger partial charge in [-0.15, -0.1) is 0 Å². The number of aromatic nitrogens is 1. The van der Waals surface area contributed by atoms with Crippen molar-refractivity contribution in [2.45, 2.75) is 64.5 Å². The third kappa shape index (κ3) is 4.66. The molecule has 5 heteroatoms. The topological polar surface area (TPSA) is 54.7 Å². The van der Waals surface area contributed by atoms with Crippen molar-refractivity contribution < 1.29 is 9.59 Å². The van der Waals surface area contributed by atoms with Gasteiger partial charge in [-0.2, -0.15) is 0 Å². The highest BCUT2D eigenvalue weighted by Gasteiger charge is 2.20. The van der Waals surface area contributed by atoms with Crippen LogP contribution in [0.3, 0.4) is 0 Å². The van der Waals surface area contributed by atoms with Crippen molar-refractivity contribution in [3.63, 3.8) is 0 Å². The SMILES string of the molecule is Cc1ccn(C(=O)c2ccc(CN3CCCC3=O)cc2)c(=NC2CCCCC2)c1. The van der Waals surface area contributed by atoms with Gasteiger partial charge in [0.25, 0.3) is 5.91 Å². The summed E-state index contributed by atoms with van der Waals surface area (Å²) < 4.78 is 1.67. The van der Waals surface area contributed by atoms with Crippen LogP contribution >= 0.6 is 0 Å². The molecule has 0 spiro atoms. The number of rotatable bonds is 4. The van der Waals surface area contributed by atoms with Gasteiger partial charge >= 0.3 is 0 Å². The molecule has 1 saturated carbocycles. The monoisotopic (exact) mass is 391 g/mol. The highest BCUT2D eigenvalue weighted by atomic mass is 16.2. The van der Waals surface area contributed by atoms with Crippen molar-refractivity contribution >= 4 is 11.8 Å². The zero-order chi connectivity index (χ0) is 20.2. The molecule has 0 atom stereocenters. The van der Waals surface area contributed by atoms with Gasteiger partial charge in [-0.1, -0.05) is 31.4 Å². The van der Waals surface area contributed by atoms with Crippen molar-refractivity contribution in [1.29, 1.82) is 0 Å². The van der Waals surface area contributed by atoms with E-state index in [2.05, 4.69) is 0 Å². The van der Waals surface area contributed by atoms with Gasteiger partial charge in [-0.25, -0.2) is 0 Å². The van der Waals surface area contributed by atoms with Gasteiger partial charge in [0.05, 0.1) is 6.04 Å². The highest BCUT2D eigenvalue weighted by Crippen LogP contribution is 2.20. The third-order valence-corrected chi connectivity index (χ3v) is 5.94. The Balaban J connectivity index is 1.56. The predicted octanol–water partition coefficient (Wildman–Crippen LogP) is 3.84. The molecule has 152 valence electrons. The number of aryl methyl sites for hydroxylation is 1. The fraction of sp³-hybridized carbons (Fsp3) is 0.458. The number of benzene rings is 1. The first-order valence-corrected chi connectivity index (χ1v) is 10.7. The quantitative estimate of drug-likeness (QED) is 0.795. The van der Waals surface area contributed by atoms with Crippen LogP contribution in [0.1, 0.15) is 66.4 Å². The Bertz CT molecular complexity index is 953. The molecule has 2 heterocycles. The maximum atomic E-state index is 13.2. The fourth-order valence-electron chi connectivity index (χ4n) is 4.24. The first kappa shape index (κ1) is 19.6. The van der Waals surface area contributed by atoms with E-state index in [9.17, 15) is 9.59 Å². The summed E-state index contributed by atoms with van der Waals surface area (Å²) in [6, 6.07) is 11.9. The minimum Gasteiger partial charge on any atom is -0.338 e. The van der Waals surface area contributed by atoms with Gasteiger partial charge in [0.1, 0.15) is 5.49 Å². The molecular weight excluding hydrogens is 362 g/mol. The second-order valence-corrected chi connectivity index (χ2v) is 8.27. The first-order chi connectivity index (χ1) is 14.1. The van der Waals surface area contributed by atoms with Gasteiger partial charge in [0, 0.05) is 31.3 Å². The number of hydrogen-bond acceptors (Lipinski definition) is 3. The molecule has 1 aliphatic carbocycles. The van der Waals surface area contributed by atoms with E-state index in [1.54, 1.807) is 4.57 Å². The van der Waals surface area contributed by atoms with Gasteiger partial charge in [0.2, 0.25) is 5.91 Å². The fourth-order valence-corrected chi connectivity index (χ4v) is 4.24. The zero-order valence-electron chi connectivity index (χ0n) is 17.1. The number of carbonyl (C=O) groups is 2. The molecule has 2 aromatic rings. The van der Waals surface area contributed by atoms with Crippen LogP contribution in [0, 0.1) is 6.92 Å². The smallest absolute Gasteiger partial charge is 0.263 e. The van der Waals surface area contributed by atoms with Gasteiger partial charge in [-0.3, -0.25) is 19.1 Å². The lowest BCUT2D eigenvalue weighted by atomic mass is 9.96. The first-order valence-electron chi connectivity index (χ1n) is 10.7. The average molecular weight is 392 g/mol. The minimum absolute atomic E-state index is 0.0663. The molecule has 2 fully saturated rings. The van der Waals surface area contributed by atoms with Crippen molar-refractivity contribution in [2.24, 2.45) is 4.99 Å². The minimum atomic E-state index is -0.0663. The van der Waals surface area contributed by atoms with Crippen LogP contribution in [-0.4, -0.2) is 33.9 Å². The van der Waals surface area contributed by atoms with Crippen molar-refractivity contribution in [1.82, 2.24) is 9.47 Å². The Kier molecular flexibility index (Phi) is 5.93. The van der Waals surface area contributed by atoms with E-state index < -0.39 is 0 Å². The highest BCUT2D eigenvalue weighted by molar-refractivity contribution is 5.95. The van der Waals surface area contributed by atoms with E-state index in [1.807, 2.05) is 54.4 Å². The second kappa shape index (κ2) is 8.76. The van der Waals surface area contributed by atoms with E-state index in [-0.39, 0.29) is 11.8 Å². The molecule has 4 rings (SSSR count). The molecule has 1 aliphatic heterocycles. The van der Waals surface area contributed by atoms with Gasteiger partial charge in [-0.05, 0) is 61.6 Å². The van der Waals surface area contributed by atoms with E-state index in [4.69, 9.17) is 4.99 Å². The predicted molar refractivity (Wildman–Crippen MR) is 112 cm³/mol. The molecule has 0 N–H and O–H groups in total. The average Bonchev–Trinajstić information content (AvgIpc) is 3.13. The zero-order valence-corrected chi connectivity index (χ0v) is 17.1. The molecule has 1 saturated heterocycles. The summed E-state index contributed by atoms with van der Waals surface area (Å²) in [7, 11) is 0. The molecule has 1 aromatic heterocycles. The van der Waals surface area contributed by atoms with E-state index in [0.717, 1.165) is 42.4 Å². The van der Waals surface area contributed by atoms with Crippen LogP contribution in [-0.2, 0) is 11.3 Å². The summed E-state index contributed by atoms with van der Waals surface area (Å²) in [5, 5.41) is 0. The van der Waals surface area contributed by atoms with Crippen LogP contribution in [0.25, 0.3) is 0 Å². The normalized spacial score (nSPS) is 18.4. The van der Waals surface area contributed by atoms with E-state index in [0.29, 0.717) is 24.6 Å². The second-order valence-electron chi connectivity index (χ2n) is 8.27. The molecule has 1 amide bonds. The third-order valence-electron chi connectivity index (χ3n) is 5.94. The molecule has 1 aromatic carbocycles. The standard InChI is InChI=1S/C24H29N3O2/c1-18-13-15-27(22(16-18)25-21-6-3-2-4-7-21)24(29)20-11-9-19(10-12-20)17-26-14-5-8-23(26)28/h9-13,15-16,21H,2-8,14,17H2,1H3. The number of carbonyl (C=O) groups excluding carboxylic acids is 2. The molecule has 29 heavy (non-hydrogen) atoms. The summed E-state index contributed by atoms with van der Waals surface area (Å²) in [6.45, 7) is 3.47. The lowest BCUT2D eigenvalue weighted by Crippen LogP contribution is -2.30. The summed E-state index contributed by atoms with van der Waals surface area (Å²) in [5.41, 5.74) is 3.54. The van der Waals surface area contributed by atoms with Gasteiger partial charge in [0.15, 0.2) is 0 Å². The van der Waals surface area contributed by atoms with Gasteiger partial charge < -0.3 is 4.90 Å². The van der Waals surface area contributed by atoms with Crippen molar-refractivity contribution in [3.05, 3.63) is 64.8 Å². The van der Waals surface area contributed by atoms with Crippen LogP contribution < -0.4 is 5.49 Å². The largest absolute Gasteiger partial charge is 0.338 e. The molecular formula is C24H29N3O2. The van der Waals surface area contributed by atoms with Crippen LogP contribution in [0.15, 0.2) is 47.6 Å². The molecule has 0 bridgehead atoms. The molecule has 0 radical (unpaired) electrons. The van der Waals surface area contributed by atoms with Crippen LogP contribution in [0.4, 0.5) is 0 Å². The summed E-state index contributed by atoms with van der Waals surface area (Å²) in [6.07, 6.45) is 9.34. The molecule has 2 aliphatic rings. The summed E-state index contributed by atoms with van der Waals surface area (Å²) in [5.74, 6) is 0.151. The van der Waals surface area contributed by atoms with Crippen LogP contribution in [0.5, 0.6) is 0 Å². The lowest BCUT2D eigenvalue weighted by Gasteiger charge is -2.18. The number of nitrogens with zero attached hydrogens (tertiary/aromatic N) is 3. The summed E-state index contributed by atoms with van der Waals surface area (Å²) >= 11 is 0. The summed E-state index contributed by atoms with van der Waals surface area (Å²) in [4.78, 5) is 31.8. The number of pyridine rings is 1. The Labute approximate surface area is 172 Å². The maximum absolute atomic E-state index is 13.2. The van der Waals surface area contributed by atoms with E-state index in [1.165, 1.54) is 19.3 Å².